The zero-order valence-corrected chi connectivity index (χ0v) is 8.95. The van der Waals surface area contributed by atoms with Gasteiger partial charge in [0.25, 0.3) is 0 Å². The van der Waals surface area contributed by atoms with Crippen LogP contribution in [0.1, 0.15) is 25.3 Å². The molecule has 4 nitrogen and oxygen atoms in total. The Kier molecular flexibility index (Phi) is 3.97. The smallest absolute Gasteiger partial charge is 0.355 e. The Bertz CT molecular complexity index is 350. The van der Waals surface area contributed by atoms with E-state index in [0.717, 1.165) is 12.0 Å². The molecule has 82 valence electrons. The van der Waals surface area contributed by atoms with Gasteiger partial charge < -0.3 is 5.73 Å². The Balaban J connectivity index is 2.51. The lowest BCUT2D eigenvalue weighted by Gasteiger charge is -2.05. The van der Waals surface area contributed by atoms with E-state index in [0.29, 0.717) is 17.9 Å². The normalized spacial score (nSPS) is 9.73. The number of hydrogen-bond acceptors (Lipinski definition) is 4. The van der Waals surface area contributed by atoms with Crippen LogP contribution in [0.15, 0.2) is 18.2 Å². The van der Waals surface area contributed by atoms with Crippen LogP contribution < -0.4 is 10.6 Å². The second-order valence-electron chi connectivity index (χ2n) is 3.31. The van der Waals surface area contributed by atoms with E-state index in [-0.39, 0.29) is 5.97 Å². The zero-order chi connectivity index (χ0) is 11.3. The molecule has 0 spiro atoms. The summed E-state index contributed by atoms with van der Waals surface area (Å²) in [7, 11) is 0. The van der Waals surface area contributed by atoms with E-state index in [9.17, 15) is 4.79 Å². The summed E-state index contributed by atoms with van der Waals surface area (Å²) in [5, 5.41) is 0. The topological polar surface area (TPSA) is 61.5 Å². The van der Waals surface area contributed by atoms with Crippen molar-refractivity contribution in [3.05, 3.63) is 23.8 Å². The van der Waals surface area contributed by atoms with Gasteiger partial charge in [-0.3, -0.25) is 9.78 Å². The Hall–Kier alpha value is -1.71. The molecule has 0 aliphatic carbocycles. The van der Waals surface area contributed by atoms with Crippen molar-refractivity contribution in [2.24, 2.45) is 0 Å². The van der Waals surface area contributed by atoms with Crippen LogP contribution in [0.2, 0.25) is 0 Å². The van der Waals surface area contributed by atoms with Crippen molar-refractivity contribution in [2.45, 2.75) is 26.7 Å². The van der Waals surface area contributed by atoms with E-state index in [1.807, 2.05) is 13.8 Å². The number of benzene rings is 1. The Morgan fingerprint density at radius 3 is 2.80 bits per heavy atom. The van der Waals surface area contributed by atoms with Gasteiger partial charge in [-0.05, 0) is 37.1 Å². The molecule has 0 unspecified atom stereocenters. The maximum atomic E-state index is 11.0. The molecule has 0 aromatic heterocycles. The van der Waals surface area contributed by atoms with E-state index in [1.54, 1.807) is 18.2 Å². The molecule has 1 aromatic rings. The highest BCUT2D eigenvalue weighted by atomic mass is 17.2. The lowest BCUT2D eigenvalue weighted by Crippen LogP contribution is -2.07. The molecule has 0 saturated heterocycles. The first-order valence-electron chi connectivity index (χ1n) is 4.87. The number of aryl methyl sites for hydroxylation is 1. The number of nitrogen functional groups attached to an aromatic ring is 1. The first kappa shape index (κ1) is 11.4. The van der Waals surface area contributed by atoms with Crippen molar-refractivity contribution in [1.82, 2.24) is 0 Å². The molecule has 0 aliphatic rings. The quantitative estimate of drug-likeness (QED) is 0.469. The van der Waals surface area contributed by atoms with Crippen molar-refractivity contribution >= 4 is 11.7 Å². The number of rotatable bonds is 4. The monoisotopic (exact) mass is 209 g/mol. The molecule has 0 atom stereocenters. The molecule has 1 aromatic carbocycles. The van der Waals surface area contributed by atoms with Gasteiger partial charge in [-0.15, -0.1) is 0 Å². The van der Waals surface area contributed by atoms with Crippen LogP contribution in [0.5, 0.6) is 5.75 Å². The van der Waals surface area contributed by atoms with E-state index < -0.39 is 0 Å². The number of hydrogen-bond donors (Lipinski definition) is 1. The first-order valence-corrected chi connectivity index (χ1v) is 4.87. The highest BCUT2D eigenvalue weighted by Crippen LogP contribution is 2.18. The average Bonchev–Trinajstić information content (AvgIpc) is 2.20. The average molecular weight is 209 g/mol. The van der Waals surface area contributed by atoms with E-state index in [2.05, 4.69) is 4.89 Å². The molecular formula is C11H15NO3. The van der Waals surface area contributed by atoms with Crippen molar-refractivity contribution in [1.29, 1.82) is 0 Å². The third kappa shape index (κ3) is 3.50. The molecule has 0 saturated carbocycles. The minimum absolute atomic E-state index is 0.355. The van der Waals surface area contributed by atoms with Crippen LogP contribution in [-0.2, 0) is 9.68 Å². The largest absolute Gasteiger partial charge is 0.399 e. The molecule has 0 amide bonds. The molecule has 0 fully saturated rings. The molecule has 0 heterocycles. The van der Waals surface area contributed by atoms with Gasteiger partial charge in [0, 0.05) is 12.1 Å². The first-order chi connectivity index (χ1) is 7.13. The summed E-state index contributed by atoms with van der Waals surface area (Å²) >= 11 is 0. The summed E-state index contributed by atoms with van der Waals surface area (Å²) in [6, 6.07) is 5.08. The number of carbonyl (C=O) groups is 1. The lowest BCUT2D eigenvalue weighted by atomic mass is 10.2. The molecular weight excluding hydrogens is 194 g/mol. The maximum absolute atomic E-state index is 11.0. The third-order valence-corrected chi connectivity index (χ3v) is 1.93. The zero-order valence-electron chi connectivity index (χ0n) is 8.95. The van der Waals surface area contributed by atoms with Gasteiger partial charge in [0.15, 0.2) is 5.75 Å². The highest BCUT2D eigenvalue weighted by molar-refractivity contribution is 5.68. The summed E-state index contributed by atoms with van der Waals surface area (Å²) in [5.74, 6) is 0.109. The van der Waals surface area contributed by atoms with Crippen molar-refractivity contribution < 1.29 is 14.6 Å². The van der Waals surface area contributed by atoms with E-state index in [1.165, 1.54) is 0 Å². The second-order valence-corrected chi connectivity index (χ2v) is 3.31. The predicted octanol–water partition coefficient (Wildman–Crippen LogP) is 2.21. The van der Waals surface area contributed by atoms with Gasteiger partial charge in [0.05, 0.1) is 0 Å². The molecule has 2 N–H and O–H groups in total. The van der Waals surface area contributed by atoms with Gasteiger partial charge in [0.2, 0.25) is 0 Å². The minimum Gasteiger partial charge on any atom is -0.399 e. The molecule has 15 heavy (non-hydrogen) atoms. The highest BCUT2D eigenvalue weighted by Gasteiger charge is 2.04. The summed E-state index contributed by atoms with van der Waals surface area (Å²) in [6.45, 7) is 3.75. The van der Waals surface area contributed by atoms with Gasteiger partial charge in [-0.2, -0.15) is 0 Å². The van der Waals surface area contributed by atoms with E-state index in [4.69, 9.17) is 10.6 Å². The van der Waals surface area contributed by atoms with Gasteiger partial charge in [-0.25, -0.2) is 4.79 Å². The molecule has 0 aliphatic heterocycles. The van der Waals surface area contributed by atoms with Crippen molar-refractivity contribution in [3.8, 4) is 5.75 Å². The summed E-state index contributed by atoms with van der Waals surface area (Å²) < 4.78 is 0. The van der Waals surface area contributed by atoms with Gasteiger partial charge in [0.1, 0.15) is 0 Å². The van der Waals surface area contributed by atoms with Gasteiger partial charge in [-0.1, -0.05) is 6.92 Å². The molecule has 0 radical (unpaired) electrons. The van der Waals surface area contributed by atoms with Crippen LogP contribution in [0, 0.1) is 6.92 Å². The van der Waals surface area contributed by atoms with Gasteiger partial charge >= 0.3 is 5.97 Å². The number of anilines is 1. The maximum Gasteiger partial charge on any atom is 0.355 e. The van der Waals surface area contributed by atoms with Crippen LogP contribution in [0.4, 0.5) is 5.69 Å². The second kappa shape index (κ2) is 5.24. The standard InChI is InChI=1S/C11H15NO3/c1-3-4-11(13)15-14-9-5-6-10(12)8(2)7-9/h5-7H,3-4,12H2,1-2H3. The van der Waals surface area contributed by atoms with Crippen molar-refractivity contribution in [2.75, 3.05) is 5.73 Å². The van der Waals surface area contributed by atoms with Crippen LogP contribution in [-0.4, -0.2) is 5.97 Å². The fourth-order valence-corrected chi connectivity index (χ4v) is 1.04. The fraction of sp³-hybridized carbons (Fsp3) is 0.364. The number of carbonyl (C=O) groups excluding carboxylic acids is 1. The lowest BCUT2D eigenvalue weighted by molar-refractivity contribution is -0.213. The van der Waals surface area contributed by atoms with Crippen LogP contribution >= 0.6 is 0 Å². The SMILES string of the molecule is CCCC(=O)OOc1ccc(N)c(C)c1. The summed E-state index contributed by atoms with van der Waals surface area (Å²) in [6.07, 6.45) is 1.09. The summed E-state index contributed by atoms with van der Waals surface area (Å²) in [4.78, 5) is 20.4. The molecule has 0 bridgehead atoms. The predicted molar refractivity (Wildman–Crippen MR) is 57.2 cm³/mol. The number of nitrogens with two attached hydrogens (primary N) is 1. The molecule has 4 heteroatoms. The minimum atomic E-state index is -0.369. The fourth-order valence-electron chi connectivity index (χ4n) is 1.04. The van der Waals surface area contributed by atoms with Crippen LogP contribution in [0.25, 0.3) is 0 Å². The Labute approximate surface area is 88.9 Å². The van der Waals surface area contributed by atoms with Crippen LogP contribution in [0.3, 0.4) is 0 Å². The van der Waals surface area contributed by atoms with Crippen molar-refractivity contribution in [3.63, 3.8) is 0 Å². The van der Waals surface area contributed by atoms with E-state index >= 15 is 0 Å². The third-order valence-electron chi connectivity index (χ3n) is 1.93. The Morgan fingerprint density at radius 2 is 2.20 bits per heavy atom. The molecule has 1 rings (SSSR count). The summed E-state index contributed by atoms with van der Waals surface area (Å²) in [5.41, 5.74) is 7.20. The Morgan fingerprint density at radius 1 is 1.47 bits per heavy atom.